The van der Waals surface area contributed by atoms with Gasteiger partial charge in [-0.3, -0.25) is 4.79 Å². The quantitative estimate of drug-likeness (QED) is 0.818. The molecule has 2 atom stereocenters. The molecular formula is C20H23NO2S. The second kappa shape index (κ2) is 6.69. The van der Waals surface area contributed by atoms with Crippen molar-refractivity contribution in [3.63, 3.8) is 0 Å². The van der Waals surface area contributed by atoms with Crippen LogP contribution in [0.25, 0.3) is 0 Å². The molecule has 0 N–H and O–H groups in total. The highest BCUT2D eigenvalue weighted by Crippen LogP contribution is 2.32. The first-order chi connectivity index (χ1) is 11.7. The van der Waals surface area contributed by atoms with Crippen molar-refractivity contribution in [3.05, 3.63) is 57.3 Å². The fourth-order valence-electron chi connectivity index (χ4n) is 3.81. The van der Waals surface area contributed by atoms with Gasteiger partial charge in [-0.1, -0.05) is 30.3 Å². The van der Waals surface area contributed by atoms with Crippen molar-refractivity contribution in [2.24, 2.45) is 0 Å². The number of hydrogen-bond donors (Lipinski definition) is 0. The smallest absolute Gasteiger partial charge is 0.255 e. The minimum atomic E-state index is -0.0339. The molecule has 3 nitrogen and oxygen atoms in total. The van der Waals surface area contributed by atoms with Crippen molar-refractivity contribution in [1.82, 2.24) is 4.90 Å². The molecule has 126 valence electrons. The molecule has 2 aromatic rings. The van der Waals surface area contributed by atoms with E-state index in [0.29, 0.717) is 13.1 Å². The van der Waals surface area contributed by atoms with Crippen molar-refractivity contribution >= 4 is 17.2 Å². The van der Waals surface area contributed by atoms with Crippen LogP contribution in [0.5, 0.6) is 0 Å². The number of hydrogen-bond acceptors (Lipinski definition) is 3. The molecule has 4 heteroatoms. The predicted octanol–water partition coefficient (Wildman–Crippen LogP) is 4.23. The highest BCUT2D eigenvalue weighted by molar-refractivity contribution is 7.10. The number of morpholine rings is 1. The van der Waals surface area contributed by atoms with E-state index >= 15 is 0 Å². The van der Waals surface area contributed by atoms with Gasteiger partial charge in [-0.25, -0.2) is 0 Å². The zero-order valence-electron chi connectivity index (χ0n) is 14.0. The van der Waals surface area contributed by atoms with Crippen LogP contribution in [0, 0.1) is 0 Å². The first-order valence-electron chi connectivity index (χ1n) is 8.81. The molecule has 0 unspecified atom stereocenters. The van der Waals surface area contributed by atoms with Crippen molar-refractivity contribution in [2.45, 2.75) is 44.8 Å². The molecule has 1 saturated heterocycles. The zero-order valence-corrected chi connectivity index (χ0v) is 14.8. The summed E-state index contributed by atoms with van der Waals surface area (Å²) in [7, 11) is 0. The van der Waals surface area contributed by atoms with Gasteiger partial charge in [0.1, 0.15) is 6.10 Å². The van der Waals surface area contributed by atoms with Gasteiger partial charge in [0.05, 0.1) is 18.2 Å². The van der Waals surface area contributed by atoms with Crippen molar-refractivity contribution in [1.29, 1.82) is 0 Å². The summed E-state index contributed by atoms with van der Waals surface area (Å²) in [6.45, 7) is 3.36. The summed E-state index contributed by atoms with van der Waals surface area (Å²) in [5.41, 5.74) is 3.40. The number of carbonyl (C=O) groups excluding carboxylic acids is 1. The highest BCUT2D eigenvalue weighted by Gasteiger charge is 2.31. The van der Waals surface area contributed by atoms with Crippen LogP contribution < -0.4 is 0 Å². The Labute approximate surface area is 147 Å². The average molecular weight is 341 g/mol. The molecule has 0 saturated carbocycles. The summed E-state index contributed by atoms with van der Waals surface area (Å²) < 4.78 is 6.09. The van der Waals surface area contributed by atoms with Crippen LogP contribution in [0.1, 0.15) is 52.2 Å². The second-order valence-corrected chi connectivity index (χ2v) is 7.78. The van der Waals surface area contributed by atoms with Gasteiger partial charge in [-0.2, -0.15) is 0 Å². The van der Waals surface area contributed by atoms with Gasteiger partial charge in [0.25, 0.3) is 5.91 Å². The molecule has 0 bridgehead atoms. The van der Waals surface area contributed by atoms with Gasteiger partial charge in [0.2, 0.25) is 0 Å². The van der Waals surface area contributed by atoms with E-state index in [4.69, 9.17) is 4.74 Å². The number of fused-ring (bicyclic) bond motifs is 1. The Bertz CT molecular complexity index is 724. The SMILES string of the molecule is C[C@@H]1CN(C(=O)c2csc3c2CCCC3)C[C@H](c2ccccc2)O1. The molecule has 0 spiro atoms. The highest BCUT2D eigenvalue weighted by atomic mass is 32.1. The maximum Gasteiger partial charge on any atom is 0.255 e. The Morgan fingerprint density at radius 1 is 1.17 bits per heavy atom. The Morgan fingerprint density at radius 2 is 1.96 bits per heavy atom. The zero-order chi connectivity index (χ0) is 16.5. The first-order valence-corrected chi connectivity index (χ1v) is 9.69. The van der Waals surface area contributed by atoms with E-state index in [2.05, 4.69) is 24.4 Å². The van der Waals surface area contributed by atoms with Crippen LogP contribution >= 0.6 is 11.3 Å². The van der Waals surface area contributed by atoms with Crippen molar-refractivity contribution in [2.75, 3.05) is 13.1 Å². The van der Waals surface area contributed by atoms with Gasteiger partial charge in [0, 0.05) is 16.8 Å². The molecule has 2 heterocycles. The van der Waals surface area contributed by atoms with E-state index in [1.807, 2.05) is 23.1 Å². The molecule has 1 aliphatic carbocycles. The van der Waals surface area contributed by atoms with Crippen molar-refractivity contribution in [3.8, 4) is 0 Å². The van der Waals surface area contributed by atoms with E-state index in [0.717, 1.165) is 24.0 Å². The minimum absolute atomic E-state index is 0.0339. The van der Waals surface area contributed by atoms with Gasteiger partial charge in [-0.05, 0) is 43.7 Å². The molecule has 1 fully saturated rings. The van der Waals surface area contributed by atoms with E-state index < -0.39 is 0 Å². The van der Waals surface area contributed by atoms with E-state index in [1.165, 1.54) is 23.3 Å². The number of amides is 1. The summed E-state index contributed by atoms with van der Waals surface area (Å²) in [6, 6.07) is 10.2. The summed E-state index contributed by atoms with van der Waals surface area (Å²) in [5.74, 6) is 0.186. The Hall–Kier alpha value is -1.65. The molecule has 2 aliphatic rings. The Morgan fingerprint density at radius 3 is 2.79 bits per heavy atom. The summed E-state index contributed by atoms with van der Waals surface area (Å²) in [6.07, 6.45) is 4.68. The fraction of sp³-hybridized carbons (Fsp3) is 0.450. The summed E-state index contributed by atoms with van der Waals surface area (Å²) >= 11 is 1.76. The van der Waals surface area contributed by atoms with Crippen LogP contribution in [0.4, 0.5) is 0 Å². The van der Waals surface area contributed by atoms with Crippen LogP contribution in [-0.4, -0.2) is 30.0 Å². The number of benzene rings is 1. The molecule has 24 heavy (non-hydrogen) atoms. The lowest BCUT2D eigenvalue weighted by atomic mass is 9.95. The summed E-state index contributed by atoms with van der Waals surface area (Å²) in [5, 5.41) is 2.08. The maximum absolute atomic E-state index is 13.1. The molecule has 1 amide bonds. The number of carbonyl (C=O) groups is 1. The lowest BCUT2D eigenvalue weighted by Crippen LogP contribution is -2.46. The number of thiophene rings is 1. The van der Waals surface area contributed by atoms with Gasteiger partial charge >= 0.3 is 0 Å². The third-order valence-corrected chi connectivity index (χ3v) is 6.10. The van der Waals surface area contributed by atoms with Gasteiger partial charge in [0.15, 0.2) is 0 Å². The summed E-state index contributed by atoms with van der Waals surface area (Å²) in [4.78, 5) is 16.5. The molecular weight excluding hydrogens is 318 g/mol. The molecule has 1 aromatic carbocycles. The standard InChI is InChI=1S/C20H23NO2S/c1-14-11-21(12-18(23-14)15-7-3-2-4-8-15)20(22)17-13-24-19-10-6-5-9-16(17)19/h2-4,7-8,13-14,18H,5-6,9-12H2,1H3/t14-,18-/m1/s1. The lowest BCUT2D eigenvalue weighted by Gasteiger charge is -2.37. The predicted molar refractivity (Wildman–Crippen MR) is 96.6 cm³/mol. The van der Waals surface area contributed by atoms with E-state index in [1.54, 1.807) is 11.3 Å². The van der Waals surface area contributed by atoms with Gasteiger partial charge in [-0.15, -0.1) is 11.3 Å². The van der Waals surface area contributed by atoms with Crippen LogP contribution in [-0.2, 0) is 17.6 Å². The number of aryl methyl sites for hydroxylation is 1. The first kappa shape index (κ1) is 15.9. The monoisotopic (exact) mass is 341 g/mol. The number of ether oxygens (including phenoxy) is 1. The molecule has 4 rings (SSSR count). The third-order valence-electron chi connectivity index (χ3n) is 5.01. The van der Waals surface area contributed by atoms with Crippen LogP contribution in [0.2, 0.25) is 0 Å². The molecule has 0 radical (unpaired) electrons. The maximum atomic E-state index is 13.1. The Kier molecular flexibility index (Phi) is 4.42. The lowest BCUT2D eigenvalue weighted by molar-refractivity contribution is -0.0691. The largest absolute Gasteiger partial charge is 0.367 e. The number of nitrogens with zero attached hydrogens (tertiary/aromatic N) is 1. The topological polar surface area (TPSA) is 29.5 Å². The molecule has 1 aliphatic heterocycles. The normalized spacial score (nSPS) is 23.8. The van der Waals surface area contributed by atoms with E-state index in [-0.39, 0.29) is 18.1 Å². The van der Waals surface area contributed by atoms with Crippen LogP contribution in [0.3, 0.4) is 0 Å². The average Bonchev–Trinajstić information content (AvgIpc) is 3.05. The van der Waals surface area contributed by atoms with Crippen molar-refractivity contribution < 1.29 is 9.53 Å². The van der Waals surface area contributed by atoms with Gasteiger partial charge < -0.3 is 9.64 Å². The number of rotatable bonds is 2. The van der Waals surface area contributed by atoms with E-state index in [9.17, 15) is 4.79 Å². The second-order valence-electron chi connectivity index (χ2n) is 6.81. The Balaban J connectivity index is 1.57. The fourth-order valence-corrected chi connectivity index (χ4v) is 4.93. The van der Waals surface area contributed by atoms with Crippen LogP contribution in [0.15, 0.2) is 35.7 Å². The minimum Gasteiger partial charge on any atom is -0.367 e. The molecule has 1 aromatic heterocycles. The third kappa shape index (κ3) is 3.01.